The van der Waals surface area contributed by atoms with Crippen molar-refractivity contribution in [2.45, 2.75) is 102 Å². The largest absolute Gasteiger partial charge is 0.463 e. The van der Waals surface area contributed by atoms with Crippen LogP contribution in [0.4, 0.5) is 5.82 Å². The average molecular weight is 584 g/mol. The van der Waals surface area contributed by atoms with Crippen LogP contribution >= 0.6 is 0 Å². The van der Waals surface area contributed by atoms with Gasteiger partial charge >= 0.3 is 11.7 Å². The molecule has 1 unspecified atom stereocenters. The minimum atomic E-state index is -0.169. The summed E-state index contributed by atoms with van der Waals surface area (Å²) in [5.41, 5.74) is 7.24. The minimum absolute atomic E-state index is 0.126. The first-order chi connectivity index (χ1) is 20.6. The lowest BCUT2D eigenvalue weighted by molar-refractivity contribution is 0.00685. The summed E-state index contributed by atoms with van der Waals surface area (Å²) in [5.74, 6) is 0.268. The first-order valence-corrected chi connectivity index (χ1v) is 17.0. The van der Waals surface area contributed by atoms with Crippen LogP contribution in [0.2, 0.25) is 0 Å². The Morgan fingerprint density at radius 2 is 1.45 bits per heavy atom. The van der Waals surface area contributed by atoms with E-state index in [1.54, 1.807) is 0 Å². The Morgan fingerprint density at radius 1 is 0.857 bits per heavy atom. The molecular formula is C31H53N9O2. The van der Waals surface area contributed by atoms with E-state index >= 15 is 0 Å². The second-order valence-electron chi connectivity index (χ2n) is 13.1. The number of fused-ring (bicyclic) bond motifs is 1. The molecule has 0 aromatic carbocycles. The van der Waals surface area contributed by atoms with Crippen molar-refractivity contribution in [3.05, 3.63) is 10.5 Å². The molecule has 2 aliphatic heterocycles. The molecule has 2 aromatic rings. The smallest absolute Gasteiger partial charge is 0.329 e. The van der Waals surface area contributed by atoms with Crippen molar-refractivity contribution < 1.29 is 4.74 Å². The molecule has 1 atom stereocenters. The highest BCUT2D eigenvalue weighted by Gasteiger charge is 2.34. The monoisotopic (exact) mass is 583 g/mol. The fourth-order valence-corrected chi connectivity index (χ4v) is 7.85. The molecule has 42 heavy (non-hydrogen) atoms. The van der Waals surface area contributed by atoms with Gasteiger partial charge in [0, 0.05) is 71.0 Å². The van der Waals surface area contributed by atoms with Gasteiger partial charge < -0.3 is 15.5 Å². The average Bonchev–Trinajstić information content (AvgIpc) is 3.37. The number of unbranched alkanes of at least 4 members (excludes halogenated alkanes) is 1. The summed E-state index contributed by atoms with van der Waals surface area (Å²) in [6.45, 7) is 11.7. The van der Waals surface area contributed by atoms with Crippen molar-refractivity contribution in [3.63, 3.8) is 0 Å². The number of piperazine rings is 2. The Hall–Kier alpha value is -2.21. The number of nitrogens with one attached hydrogen (secondary N) is 1. The van der Waals surface area contributed by atoms with Gasteiger partial charge in [-0.1, -0.05) is 51.9 Å². The van der Waals surface area contributed by atoms with Gasteiger partial charge in [-0.3, -0.25) is 24.2 Å². The van der Waals surface area contributed by atoms with Crippen molar-refractivity contribution in [3.8, 4) is 6.01 Å². The lowest BCUT2D eigenvalue weighted by Gasteiger charge is -2.45. The predicted octanol–water partition coefficient (Wildman–Crippen LogP) is 3.28. The number of anilines is 1. The van der Waals surface area contributed by atoms with Crippen molar-refractivity contribution in [2.24, 2.45) is 0 Å². The molecule has 6 rings (SSSR count). The van der Waals surface area contributed by atoms with E-state index < -0.39 is 0 Å². The van der Waals surface area contributed by atoms with Gasteiger partial charge in [-0.2, -0.15) is 9.97 Å². The summed E-state index contributed by atoms with van der Waals surface area (Å²) in [7, 11) is 0. The SMILES string of the molecule is CCCCOc1nc(N)c2[nH]c(=O)n(C(CN3CCN(C4CCCCC4)CC3)N3CCN(C4CCCCC4)CC3)c2n1. The first kappa shape index (κ1) is 29.8. The Bertz CT molecular complexity index is 1190. The van der Waals surface area contributed by atoms with Gasteiger partial charge in [-0.25, -0.2) is 4.79 Å². The van der Waals surface area contributed by atoms with E-state index in [1.165, 1.54) is 64.2 Å². The van der Waals surface area contributed by atoms with Crippen LogP contribution in [0.5, 0.6) is 6.01 Å². The van der Waals surface area contributed by atoms with Gasteiger partial charge in [0.2, 0.25) is 0 Å². The summed E-state index contributed by atoms with van der Waals surface area (Å²) in [5, 5.41) is 0. The maximum atomic E-state index is 13.6. The molecule has 0 amide bonds. The third-order valence-corrected chi connectivity index (χ3v) is 10.4. The van der Waals surface area contributed by atoms with Gasteiger partial charge in [0.25, 0.3) is 0 Å². The zero-order valence-corrected chi connectivity index (χ0v) is 25.8. The second-order valence-corrected chi connectivity index (χ2v) is 13.1. The lowest BCUT2D eigenvalue weighted by atomic mass is 9.93. The van der Waals surface area contributed by atoms with Gasteiger partial charge in [0.15, 0.2) is 11.5 Å². The van der Waals surface area contributed by atoms with E-state index in [9.17, 15) is 4.79 Å². The summed E-state index contributed by atoms with van der Waals surface area (Å²) in [4.78, 5) is 36.2. The fraction of sp³-hybridized carbons (Fsp3) is 0.839. The molecule has 0 bridgehead atoms. The van der Waals surface area contributed by atoms with Crippen LogP contribution in [0.15, 0.2) is 4.79 Å². The molecule has 4 aliphatic rings. The molecule has 4 fully saturated rings. The summed E-state index contributed by atoms with van der Waals surface area (Å²) in [6.07, 6.45) is 15.4. The van der Waals surface area contributed by atoms with Crippen LogP contribution in [0.1, 0.15) is 90.1 Å². The molecule has 2 saturated carbocycles. The Balaban J connectivity index is 1.23. The second kappa shape index (κ2) is 14.1. The molecule has 2 aliphatic carbocycles. The number of nitrogens with zero attached hydrogens (tertiary/aromatic N) is 7. The van der Waals surface area contributed by atoms with Crippen LogP contribution in [0.3, 0.4) is 0 Å². The predicted molar refractivity (Wildman–Crippen MR) is 167 cm³/mol. The Labute approximate surface area is 250 Å². The molecule has 3 N–H and O–H groups in total. The highest BCUT2D eigenvalue weighted by atomic mass is 16.5. The molecule has 2 aromatic heterocycles. The number of rotatable bonds is 10. The maximum Gasteiger partial charge on any atom is 0.329 e. The topological polar surface area (TPSA) is 112 Å². The van der Waals surface area contributed by atoms with E-state index in [0.29, 0.717) is 17.8 Å². The van der Waals surface area contributed by atoms with Crippen LogP contribution in [0.25, 0.3) is 11.2 Å². The summed E-state index contributed by atoms with van der Waals surface area (Å²) in [6, 6.07) is 1.73. The number of nitrogens with two attached hydrogens (primary N) is 1. The number of imidazole rings is 1. The Kier molecular flexibility index (Phi) is 9.98. The lowest BCUT2D eigenvalue weighted by Crippen LogP contribution is -2.57. The zero-order valence-electron chi connectivity index (χ0n) is 25.8. The molecular weight excluding hydrogens is 530 g/mol. The Morgan fingerprint density at radius 3 is 2.05 bits per heavy atom. The number of aromatic amines is 1. The van der Waals surface area contributed by atoms with E-state index in [-0.39, 0.29) is 23.7 Å². The third kappa shape index (κ3) is 6.79. The minimum Gasteiger partial charge on any atom is -0.463 e. The molecule has 4 heterocycles. The number of nitrogen functional groups attached to an aromatic ring is 1. The molecule has 0 radical (unpaired) electrons. The molecule has 234 valence electrons. The van der Waals surface area contributed by atoms with Gasteiger partial charge in [-0.15, -0.1) is 0 Å². The van der Waals surface area contributed by atoms with E-state index in [1.807, 2.05) is 4.57 Å². The number of H-pyrrole nitrogens is 1. The van der Waals surface area contributed by atoms with Crippen molar-refractivity contribution in [1.82, 2.24) is 39.1 Å². The number of hydrogen-bond donors (Lipinski definition) is 2. The number of aromatic nitrogens is 4. The standard InChI is InChI=1S/C31H53N9O2/c1-2-3-22-42-30-34-28(32)27-29(35-30)40(31(41)33-27)26(39-20-18-38(19-21-39)25-12-8-5-9-13-25)23-36-14-16-37(17-15-36)24-10-6-4-7-11-24/h24-26H,2-23H2,1H3,(H,33,41)(H2,32,34,35). The van der Waals surface area contributed by atoms with Crippen molar-refractivity contribution in [1.29, 1.82) is 0 Å². The number of ether oxygens (including phenoxy) is 1. The van der Waals surface area contributed by atoms with Gasteiger partial charge in [-0.05, 0) is 32.1 Å². The van der Waals surface area contributed by atoms with Crippen LogP contribution in [-0.2, 0) is 0 Å². The number of hydrogen-bond acceptors (Lipinski definition) is 9. The van der Waals surface area contributed by atoms with E-state index in [2.05, 4.69) is 36.5 Å². The molecule has 11 heteroatoms. The van der Waals surface area contributed by atoms with Crippen LogP contribution in [0, 0.1) is 0 Å². The van der Waals surface area contributed by atoms with Crippen molar-refractivity contribution in [2.75, 3.05) is 71.2 Å². The van der Waals surface area contributed by atoms with Crippen molar-refractivity contribution >= 4 is 17.0 Å². The summed E-state index contributed by atoms with van der Waals surface area (Å²) >= 11 is 0. The van der Waals surface area contributed by atoms with E-state index in [0.717, 1.165) is 83.8 Å². The molecule has 2 saturated heterocycles. The first-order valence-electron chi connectivity index (χ1n) is 17.0. The summed E-state index contributed by atoms with van der Waals surface area (Å²) < 4.78 is 7.71. The fourth-order valence-electron chi connectivity index (χ4n) is 7.85. The quantitative estimate of drug-likeness (QED) is 0.407. The highest BCUT2D eigenvalue weighted by molar-refractivity contribution is 5.82. The normalized spacial score (nSPS) is 23.9. The van der Waals surface area contributed by atoms with Crippen LogP contribution < -0.4 is 16.2 Å². The molecule has 11 nitrogen and oxygen atoms in total. The molecule has 0 spiro atoms. The van der Waals surface area contributed by atoms with Gasteiger partial charge in [0.05, 0.1) is 6.61 Å². The van der Waals surface area contributed by atoms with Crippen LogP contribution in [-0.4, -0.2) is 117 Å². The van der Waals surface area contributed by atoms with Gasteiger partial charge in [0.1, 0.15) is 11.7 Å². The van der Waals surface area contributed by atoms with E-state index in [4.69, 9.17) is 15.5 Å². The third-order valence-electron chi connectivity index (χ3n) is 10.4. The highest BCUT2D eigenvalue weighted by Crippen LogP contribution is 2.28. The maximum absolute atomic E-state index is 13.6. The zero-order chi connectivity index (χ0) is 28.9.